The van der Waals surface area contributed by atoms with Crippen molar-refractivity contribution in [3.63, 3.8) is 0 Å². The number of carbonyl (C=O) groups excluding carboxylic acids is 5. The van der Waals surface area contributed by atoms with E-state index in [1.165, 1.54) is 12.2 Å². The van der Waals surface area contributed by atoms with Crippen LogP contribution in [0.1, 0.15) is 86.5 Å². The Labute approximate surface area is 235 Å². The third kappa shape index (κ3) is 4.17. The van der Waals surface area contributed by atoms with Gasteiger partial charge in [-0.15, -0.1) is 0 Å². The average molecular weight is 561 g/mol. The van der Waals surface area contributed by atoms with Crippen LogP contribution < -0.4 is 0 Å². The fourth-order valence-electron chi connectivity index (χ4n) is 8.34. The third-order valence-corrected chi connectivity index (χ3v) is 10.3. The quantitative estimate of drug-likeness (QED) is 0.308. The fraction of sp³-hybridized carbons (Fsp3) is 0.710. The average Bonchev–Trinajstić information content (AvgIpc) is 3.14. The van der Waals surface area contributed by atoms with Gasteiger partial charge in [-0.05, 0) is 50.7 Å². The van der Waals surface area contributed by atoms with Crippen molar-refractivity contribution in [2.45, 2.75) is 104 Å². The normalized spacial score (nSPS) is 39.8. The van der Waals surface area contributed by atoms with Crippen molar-refractivity contribution in [3.05, 3.63) is 23.8 Å². The molecule has 0 heterocycles. The molecule has 0 amide bonds. The zero-order chi connectivity index (χ0) is 29.7. The molecule has 9 heteroatoms. The Hall–Kier alpha value is -2.84. The summed E-state index contributed by atoms with van der Waals surface area (Å²) >= 11 is 0. The molecule has 8 atom stereocenters. The van der Waals surface area contributed by atoms with Gasteiger partial charge in [0, 0.05) is 41.9 Å². The summed E-state index contributed by atoms with van der Waals surface area (Å²) in [6.07, 6.45) is 4.49. The number of fused-ring (bicyclic) bond motifs is 5. The van der Waals surface area contributed by atoms with E-state index in [0.717, 1.165) is 0 Å². The number of rotatable bonds is 8. The first kappa shape index (κ1) is 30.1. The number of hydrogen-bond donors (Lipinski definition) is 0. The molecule has 8 nitrogen and oxygen atoms in total. The standard InChI is InChI=1S/C31H41FO8/c1-7-25(35)38-17-23(34)31(40-27(37)9-3)18(4)14-22-21-11-10-19-15-20(33)12-13-28(19,5)30(21,32)24(16-29(22,31)6)39-26(36)8-2/h12-13,15,18,21-22,24H,7-11,14,16-17H2,1-6H3. The first-order chi connectivity index (χ1) is 18.7. The lowest BCUT2D eigenvalue weighted by Crippen LogP contribution is -2.70. The SMILES string of the molecule is CCC(=O)OCC(=O)C1(OC(=O)CC)C(C)CC2C3CCC4=CC(=O)C=CC4(C)C3(F)C(OC(=O)CC)CC21C. The summed E-state index contributed by atoms with van der Waals surface area (Å²) in [5.74, 6) is -4.06. The summed E-state index contributed by atoms with van der Waals surface area (Å²) in [6, 6.07) is 0. The molecule has 0 N–H and O–H groups in total. The second-order valence-electron chi connectivity index (χ2n) is 12.2. The maximum absolute atomic E-state index is 18.1. The number of halogens is 1. The molecule has 220 valence electrons. The molecule has 4 aliphatic rings. The molecule has 0 radical (unpaired) electrons. The Balaban J connectivity index is 1.88. The lowest BCUT2D eigenvalue weighted by molar-refractivity contribution is -0.236. The van der Waals surface area contributed by atoms with Crippen LogP contribution >= 0.6 is 0 Å². The van der Waals surface area contributed by atoms with Gasteiger partial charge in [0.25, 0.3) is 0 Å². The van der Waals surface area contributed by atoms with Crippen molar-refractivity contribution in [1.29, 1.82) is 0 Å². The molecule has 4 aliphatic carbocycles. The number of hydrogen-bond acceptors (Lipinski definition) is 8. The van der Waals surface area contributed by atoms with Gasteiger partial charge in [0.2, 0.25) is 5.78 Å². The van der Waals surface area contributed by atoms with E-state index in [1.807, 2.05) is 13.8 Å². The van der Waals surface area contributed by atoms with Crippen molar-refractivity contribution in [1.82, 2.24) is 0 Å². The molecule has 0 saturated heterocycles. The van der Waals surface area contributed by atoms with Gasteiger partial charge in [0.15, 0.2) is 23.7 Å². The molecular weight excluding hydrogens is 519 g/mol. The number of esters is 3. The van der Waals surface area contributed by atoms with Gasteiger partial charge in [-0.2, -0.15) is 0 Å². The first-order valence-electron chi connectivity index (χ1n) is 14.5. The van der Waals surface area contributed by atoms with Gasteiger partial charge in [0.1, 0.15) is 6.10 Å². The molecule has 0 aromatic heterocycles. The van der Waals surface area contributed by atoms with Gasteiger partial charge in [0.05, 0.1) is 0 Å². The zero-order valence-electron chi connectivity index (χ0n) is 24.3. The van der Waals surface area contributed by atoms with Crippen molar-refractivity contribution in [2.24, 2.45) is 28.6 Å². The van der Waals surface area contributed by atoms with E-state index in [4.69, 9.17) is 14.2 Å². The minimum Gasteiger partial charge on any atom is -0.459 e. The number of ketones is 2. The highest BCUT2D eigenvalue weighted by atomic mass is 19.1. The minimum atomic E-state index is -2.06. The van der Waals surface area contributed by atoms with E-state index < -0.39 is 76.3 Å². The largest absolute Gasteiger partial charge is 0.459 e. The number of allylic oxidation sites excluding steroid dienone is 4. The van der Waals surface area contributed by atoms with Crippen LogP contribution in [-0.2, 0) is 38.2 Å². The number of Topliss-reactive ketones (excluding diaryl/α,β-unsaturated/α-hetero) is 1. The molecule has 0 spiro atoms. The van der Waals surface area contributed by atoms with E-state index in [2.05, 4.69) is 0 Å². The third-order valence-electron chi connectivity index (χ3n) is 10.3. The number of carbonyl (C=O) groups is 5. The molecule has 0 bridgehead atoms. The second kappa shape index (κ2) is 10.5. The summed E-state index contributed by atoms with van der Waals surface area (Å²) in [7, 11) is 0. The summed E-state index contributed by atoms with van der Waals surface area (Å²) in [5, 5.41) is 0. The summed E-state index contributed by atoms with van der Waals surface area (Å²) in [5.41, 5.74) is -5.41. The number of ether oxygens (including phenoxy) is 3. The first-order valence-corrected chi connectivity index (χ1v) is 14.5. The van der Waals surface area contributed by atoms with E-state index >= 15 is 4.39 Å². The molecule has 0 aromatic rings. The van der Waals surface area contributed by atoms with Crippen LogP contribution in [0.3, 0.4) is 0 Å². The van der Waals surface area contributed by atoms with Crippen LogP contribution in [0.2, 0.25) is 0 Å². The highest BCUT2D eigenvalue weighted by Gasteiger charge is 2.78. The predicted octanol–water partition coefficient (Wildman–Crippen LogP) is 4.78. The van der Waals surface area contributed by atoms with Crippen LogP contribution in [0, 0.1) is 28.6 Å². The van der Waals surface area contributed by atoms with Crippen LogP contribution in [0.25, 0.3) is 0 Å². The molecule has 3 saturated carbocycles. The Morgan fingerprint density at radius 2 is 1.65 bits per heavy atom. The van der Waals surface area contributed by atoms with E-state index in [9.17, 15) is 24.0 Å². The van der Waals surface area contributed by atoms with Gasteiger partial charge >= 0.3 is 17.9 Å². The summed E-state index contributed by atoms with van der Waals surface area (Å²) in [6.45, 7) is 9.68. The highest BCUT2D eigenvalue weighted by molar-refractivity contribution is 6.01. The van der Waals surface area contributed by atoms with Gasteiger partial charge in [-0.1, -0.05) is 46.3 Å². The van der Waals surface area contributed by atoms with Crippen molar-refractivity contribution >= 4 is 29.5 Å². The van der Waals surface area contributed by atoms with Crippen LogP contribution in [-0.4, -0.2) is 53.5 Å². The topological polar surface area (TPSA) is 113 Å². The van der Waals surface area contributed by atoms with Gasteiger partial charge in [-0.3, -0.25) is 24.0 Å². The Bertz CT molecular complexity index is 1170. The molecule has 3 fully saturated rings. The Morgan fingerprint density at radius 1 is 1.00 bits per heavy atom. The summed E-state index contributed by atoms with van der Waals surface area (Å²) < 4.78 is 35.3. The fourth-order valence-corrected chi connectivity index (χ4v) is 8.34. The predicted molar refractivity (Wildman–Crippen MR) is 142 cm³/mol. The smallest absolute Gasteiger partial charge is 0.306 e. The maximum Gasteiger partial charge on any atom is 0.306 e. The zero-order valence-corrected chi connectivity index (χ0v) is 24.3. The van der Waals surface area contributed by atoms with E-state index in [-0.39, 0.29) is 31.5 Å². The lowest BCUT2D eigenvalue weighted by atomic mass is 9.44. The Kier molecular flexibility index (Phi) is 7.93. The maximum atomic E-state index is 18.1. The van der Waals surface area contributed by atoms with E-state index in [0.29, 0.717) is 24.8 Å². The molecule has 8 unspecified atom stereocenters. The van der Waals surface area contributed by atoms with Crippen LogP contribution in [0.4, 0.5) is 4.39 Å². The minimum absolute atomic E-state index is 0.0209. The molecule has 40 heavy (non-hydrogen) atoms. The molecular formula is C31H41FO8. The van der Waals surface area contributed by atoms with Crippen LogP contribution in [0.15, 0.2) is 23.8 Å². The Morgan fingerprint density at radius 3 is 2.27 bits per heavy atom. The van der Waals surface area contributed by atoms with Crippen molar-refractivity contribution in [3.8, 4) is 0 Å². The van der Waals surface area contributed by atoms with Crippen molar-refractivity contribution < 1.29 is 42.6 Å². The van der Waals surface area contributed by atoms with E-state index in [1.54, 1.807) is 33.8 Å². The number of alkyl halides is 1. The highest BCUT2D eigenvalue weighted by Crippen LogP contribution is 2.72. The molecule has 4 rings (SSSR count). The van der Waals surface area contributed by atoms with Gasteiger partial charge < -0.3 is 14.2 Å². The van der Waals surface area contributed by atoms with Crippen LogP contribution in [0.5, 0.6) is 0 Å². The van der Waals surface area contributed by atoms with Gasteiger partial charge in [-0.25, -0.2) is 4.39 Å². The second-order valence-corrected chi connectivity index (χ2v) is 12.2. The monoisotopic (exact) mass is 560 g/mol. The van der Waals surface area contributed by atoms with Crippen molar-refractivity contribution in [2.75, 3.05) is 6.61 Å². The molecule has 0 aromatic carbocycles. The summed E-state index contributed by atoms with van der Waals surface area (Å²) in [4.78, 5) is 63.8. The lowest BCUT2D eigenvalue weighted by Gasteiger charge is -2.63. The molecule has 0 aliphatic heterocycles.